The van der Waals surface area contributed by atoms with Crippen molar-refractivity contribution in [2.45, 2.75) is 12.5 Å². The quantitative estimate of drug-likeness (QED) is 0.757. The van der Waals surface area contributed by atoms with Gasteiger partial charge in [0.2, 0.25) is 0 Å². The summed E-state index contributed by atoms with van der Waals surface area (Å²) in [5.41, 5.74) is 3.57. The van der Waals surface area contributed by atoms with Crippen LogP contribution in [0.15, 0.2) is 60.9 Å². The van der Waals surface area contributed by atoms with E-state index in [1.54, 1.807) is 17.1 Å². The summed E-state index contributed by atoms with van der Waals surface area (Å²) in [5.74, 6) is 0.0802. The zero-order valence-corrected chi connectivity index (χ0v) is 15.2. The fourth-order valence-electron chi connectivity index (χ4n) is 3.48. The molecule has 3 aromatic rings. The second kappa shape index (κ2) is 7.72. The van der Waals surface area contributed by atoms with Crippen LogP contribution in [-0.2, 0) is 18.2 Å². The highest BCUT2D eigenvalue weighted by molar-refractivity contribution is 5.93. The van der Waals surface area contributed by atoms with Crippen LogP contribution in [0.4, 0.5) is 0 Å². The molecule has 6 nitrogen and oxygen atoms in total. The van der Waals surface area contributed by atoms with Crippen LogP contribution in [0.3, 0.4) is 0 Å². The number of carbonyl (C=O) groups is 1. The van der Waals surface area contributed by atoms with Crippen molar-refractivity contribution in [2.24, 2.45) is 13.0 Å². The Kier molecular flexibility index (Phi) is 4.98. The number of amides is 1. The van der Waals surface area contributed by atoms with Crippen LogP contribution in [0.5, 0.6) is 0 Å². The Bertz CT molecular complexity index is 908. The molecule has 0 aliphatic carbocycles. The Morgan fingerprint density at radius 1 is 1.19 bits per heavy atom. The normalized spacial score (nSPS) is 19.1. The third kappa shape index (κ3) is 3.90. The highest BCUT2D eigenvalue weighted by atomic mass is 16.5. The third-order valence-electron chi connectivity index (χ3n) is 4.94. The van der Waals surface area contributed by atoms with Crippen LogP contribution in [-0.4, -0.2) is 39.9 Å². The highest BCUT2D eigenvalue weighted by Gasteiger charge is 2.30. The molecular weight excluding hydrogens is 340 g/mol. The van der Waals surface area contributed by atoms with Crippen molar-refractivity contribution in [3.8, 4) is 11.3 Å². The number of rotatable bonds is 5. The van der Waals surface area contributed by atoms with Gasteiger partial charge in [0, 0.05) is 25.4 Å². The zero-order valence-electron chi connectivity index (χ0n) is 15.2. The number of nitrogens with zero attached hydrogens (tertiary/aromatic N) is 3. The number of pyridine rings is 1. The van der Waals surface area contributed by atoms with Gasteiger partial charge in [-0.3, -0.25) is 14.5 Å². The second-order valence-corrected chi connectivity index (χ2v) is 6.84. The first-order valence-electron chi connectivity index (χ1n) is 9.07. The molecule has 1 fully saturated rings. The highest BCUT2D eigenvalue weighted by Crippen LogP contribution is 2.21. The standard InChI is InChI=1S/C21H22N4O2/c1-25-20(16-5-3-2-4-6-16)12-18(24-25)21(26)23-19-14-27-13-17(19)11-15-7-9-22-10-8-15/h2-10,12,17,19H,11,13-14H2,1H3,(H,23,26)/t17-,19+/m1/s1. The largest absolute Gasteiger partial charge is 0.379 e. The van der Waals surface area contributed by atoms with Gasteiger partial charge in [-0.15, -0.1) is 0 Å². The summed E-state index contributed by atoms with van der Waals surface area (Å²) in [6, 6.07) is 15.7. The molecule has 6 heteroatoms. The van der Waals surface area contributed by atoms with Gasteiger partial charge in [-0.2, -0.15) is 5.10 Å². The maximum Gasteiger partial charge on any atom is 0.272 e. The number of carbonyl (C=O) groups excluding carboxylic acids is 1. The molecule has 27 heavy (non-hydrogen) atoms. The van der Waals surface area contributed by atoms with Crippen LogP contribution in [0, 0.1) is 5.92 Å². The first-order chi connectivity index (χ1) is 13.2. The number of benzene rings is 1. The lowest BCUT2D eigenvalue weighted by molar-refractivity contribution is 0.0919. The smallest absolute Gasteiger partial charge is 0.272 e. The fourth-order valence-corrected chi connectivity index (χ4v) is 3.48. The minimum atomic E-state index is -0.164. The molecule has 4 rings (SSSR count). The molecular formula is C21H22N4O2. The molecule has 1 amide bonds. The summed E-state index contributed by atoms with van der Waals surface area (Å²) in [7, 11) is 1.85. The molecule has 0 radical (unpaired) electrons. The van der Waals surface area contributed by atoms with Gasteiger partial charge in [0.1, 0.15) is 0 Å². The van der Waals surface area contributed by atoms with E-state index >= 15 is 0 Å². The molecule has 0 bridgehead atoms. The van der Waals surface area contributed by atoms with Gasteiger partial charge >= 0.3 is 0 Å². The van der Waals surface area contributed by atoms with Gasteiger partial charge in [0.15, 0.2) is 5.69 Å². The second-order valence-electron chi connectivity index (χ2n) is 6.84. The molecule has 0 saturated carbocycles. The Morgan fingerprint density at radius 2 is 1.96 bits per heavy atom. The predicted octanol–water partition coefficient (Wildman–Crippen LogP) is 2.47. The van der Waals surface area contributed by atoms with Crippen molar-refractivity contribution < 1.29 is 9.53 Å². The Balaban J connectivity index is 1.46. The van der Waals surface area contributed by atoms with E-state index in [9.17, 15) is 4.79 Å². The average Bonchev–Trinajstić information content (AvgIpc) is 3.30. The van der Waals surface area contributed by atoms with Gasteiger partial charge in [-0.05, 0) is 35.7 Å². The number of aryl methyl sites for hydroxylation is 1. The first kappa shape index (κ1) is 17.4. The monoisotopic (exact) mass is 362 g/mol. The molecule has 0 spiro atoms. The van der Waals surface area contributed by atoms with E-state index in [-0.39, 0.29) is 17.9 Å². The maximum atomic E-state index is 12.7. The predicted molar refractivity (Wildman–Crippen MR) is 102 cm³/mol. The van der Waals surface area contributed by atoms with Gasteiger partial charge in [0.25, 0.3) is 5.91 Å². The molecule has 0 unspecified atom stereocenters. The van der Waals surface area contributed by atoms with E-state index in [1.165, 1.54) is 5.56 Å². The zero-order chi connectivity index (χ0) is 18.6. The number of hydrogen-bond donors (Lipinski definition) is 1. The summed E-state index contributed by atoms with van der Waals surface area (Å²) in [4.78, 5) is 16.8. The molecule has 1 N–H and O–H groups in total. The lowest BCUT2D eigenvalue weighted by Crippen LogP contribution is -2.40. The summed E-state index contributed by atoms with van der Waals surface area (Å²) < 4.78 is 7.36. The van der Waals surface area contributed by atoms with Crippen LogP contribution in [0.25, 0.3) is 11.3 Å². The first-order valence-corrected chi connectivity index (χ1v) is 9.07. The Hall–Kier alpha value is -2.99. The van der Waals surface area contributed by atoms with Crippen molar-refractivity contribution >= 4 is 5.91 Å². The van der Waals surface area contributed by atoms with E-state index in [0.29, 0.717) is 18.9 Å². The molecule has 1 aliphatic heterocycles. The maximum absolute atomic E-state index is 12.7. The van der Waals surface area contributed by atoms with Gasteiger partial charge in [-0.1, -0.05) is 30.3 Å². The number of nitrogens with one attached hydrogen (secondary N) is 1. The minimum absolute atomic E-state index is 0.0205. The van der Waals surface area contributed by atoms with Gasteiger partial charge in [-0.25, -0.2) is 0 Å². The SMILES string of the molecule is Cn1nc(C(=O)N[C@H]2COC[C@H]2Cc2ccncc2)cc1-c1ccccc1. The summed E-state index contributed by atoms with van der Waals surface area (Å²) >= 11 is 0. The van der Waals surface area contributed by atoms with Crippen LogP contribution < -0.4 is 5.32 Å². The molecule has 1 aliphatic rings. The number of ether oxygens (including phenoxy) is 1. The number of aromatic nitrogens is 3. The van der Waals surface area contributed by atoms with E-state index in [1.807, 2.05) is 55.6 Å². The van der Waals surface area contributed by atoms with Crippen LogP contribution in [0.1, 0.15) is 16.1 Å². The summed E-state index contributed by atoms with van der Waals surface area (Å²) in [6.45, 7) is 1.17. The van der Waals surface area contributed by atoms with Crippen molar-refractivity contribution in [3.05, 3.63) is 72.2 Å². The molecule has 2 aromatic heterocycles. The summed E-state index contributed by atoms with van der Waals surface area (Å²) in [6.07, 6.45) is 4.43. The van der Waals surface area contributed by atoms with E-state index in [4.69, 9.17) is 4.74 Å². The van der Waals surface area contributed by atoms with Crippen molar-refractivity contribution in [2.75, 3.05) is 13.2 Å². The van der Waals surface area contributed by atoms with Crippen LogP contribution in [0.2, 0.25) is 0 Å². The fraction of sp³-hybridized carbons (Fsp3) is 0.286. The van der Waals surface area contributed by atoms with Crippen molar-refractivity contribution in [1.82, 2.24) is 20.1 Å². The molecule has 2 atom stereocenters. The van der Waals surface area contributed by atoms with Crippen LogP contribution >= 0.6 is 0 Å². The van der Waals surface area contributed by atoms with E-state index in [2.05, 4.69) is 15.4 Å². The number of hydrogen-bond acceptors (Lipinski definition) is 4. The van der Waals surface area contributed by atoms with Gasteiger partial charge in [0.05, 0.1) is 24.9 Å². The topological polar surface area (TPSA) is 69.0 Å². The lowest BCUT2D eigenvalue weighted by Gasteiger charge is -2.18. The Labute approximate surface area is 158 Å². The lowest BCUT2D eigenvalue weighted by atomic mass is 9.95. The van der Waals surface area contributed by atoms with Crippen molar-refractivity contribution in [3.63, 3.8) is 0 Å². The van der Waals surface area contributed by atoms with Crippen molar-refractivity contribution in [1.29, 1.82) is 0 Å². The Morgan fingerprint density at radius 3 is 2.74 bits per heavy atom. The van der Waals surface area contributed by atoms with Gasteiger partial charge < -0.3 is 10.1 Å². The third-order valence-corrected chi connectivity index (χ3v) is 4.94. The minimum Gasteiger partial charge on any atom is -0.379 e. The molecule has 1 saturated heterocycles. The molecule has 1 aromatic carbocycles. The van der Waals surface area contributed by atoms with E-state index in [0.717, 1.165) is 17.7 Å². The summed E-state index contributed by atoms with van der Waals surface area (Å²) in [5, 5.41) is 7.50. The van der Waals surface area contributed by atoms with E-state index < -0.39 is 0 Å². The average molecular weight is 362 g/mol. The molecule has 3 heterocycles. The molecule has 138 valence electrons.